The van der Waals surface area contributed by atoms with Crippen LogP contribution in [-0.4, -0.2) is 4.92 Å². The fourth-order valence-electron chi connectivity index (χ4n) is 2.00. The van der Waals surface area contributed by atoms with E-state index in [0.717, 1.165) is 18.4 Å². The van der Waals surface area contributed by atoms with Gasteiger partial charge in [0.25, 0.3) is 5.69 Å². The lowest BCUT2D eigenvalue weighted by Gasteiger charge is -2.03. The molecule has 0 heterocycles. The average Bonchev–Trinajstić information content (AvgIpc) is 2.34. The van der Waals surface area contributed by atoms with Gasteiger partial charge < -0.3 is 0 Å². The average molecular weight is 235 g/mol. The Morgan fingerprint density at radius 2 is 1.71 bits per heavy atom. The summed E-state index contributed by atoms with van der Waals surface area (Å²) in [7, 11) is 0. The quantitative estimate of drug-likeness (QED) is 0.378. The van der Waals surface area contributed by atoms with Crippen molar-refractivity contribution in [1.29, 1.82) is 0 Å². The largest absolute Gasteiger partial charge is 0.272 e. The van der Waals surface area contributed by atoms with E-state index < -0.39 is 0 Å². The fourth-order valence-corrected chi connectivity index (χ4v) is 2.00. The summed E-state index contributed by atoms with van der Waals surface area (Å²) in [4.78, 5) is 10.5. The Balaban J connectivity index is 2.34. The van der Waals surface area contributed by atoms with Gasteiger partial charge in [0.15, 0.2) is 0 Å². The van der Waals surface area contributed by atoms with E-state index in [4.69, 9.17) is 0 Å². The van der Waals surface area contributed by atoms with Gasteiger partial charge in [-0.2, -0.15) is 0 Å². The molecule has 0 fully saturated rings. The Hall–Kier alpha value is -1.38. The lowest BCUT2D eigenvalue weighted by Crippen LogP contribution is -1.95. The summed E-state index contributed by atoms with van der Waals surface area (Å²) in [6.07, 6.45) is 8.13. The Morgan fingerprint density at radius 1 is 1.06 bits per heavy atom. The number of benzene rings is 1. The highest BCUT2D eigenvalue weighted by molar-refractivity contribution is 5.39. The number of para-hydroxylation sites is 1. The molecule has 0 aliphatic rings. The van der Waals surface area contributed by atoms with Gasteiger partial charge in [0.2, 0.25) is 0 Å². The number of hydrogen-bond donors (Lipinski definition) is 0. The zero-order chi connectivity index (χ0) is 12.5. The highest BCUT2D eigenvalue weighted by Gasteiger charge is 2.10. The van der Waals surface area contributed by atoms with E-state index in [-0.39, 0.29) is 10.6 Å². The first-order valence-corrected chi connectivity index (χ1v) is 6.48. The van der Waals surface area contributed by atoms with E-state index in [1.165, 1.54) is 32.1 Å². The molecule has 1 aromatic rings. The second-order valence-corrected chi connectivity index (χ2v) is 4.40. The molecule has 0 N–H and O–H groups in total. The molecule has 17 heavy (non-hydrogen) atoms. The van der Waals surface area contributed by atoms with Crippen LogP contribution in [0, 0.1) is 10.1 Å². The second kappa shape index (κ2) is 7.82. The molecule has 1 aromatic carbocycles. The molecule has 0 aliphatic heterocycles. The standard InChI is InChI=1S/C14H21NO2/c1-2-3-4-5-6-7-10-13-11-8-9-12-14(13)15(16)17/h8-9,11-12H,2-7,10H2,1H3. The number of hydrogen-bond acceptors (Lipinski definition) is 2. The molecule has 0 aliphatic carbocycles. The second-order valence-electron chi connectivity index (χ2n) is 4.40. The lowest BCUT2D eigenvalue weighted by atomic mass is 10.0. The maximum atomic E-state index is 10.8. The van der Waals surface area contributed by atoms with Crippen molar-refractivity contribution in [3.8, 4) is 0 Å². The zero-order valence-electron chi connectivity index (χ0n) is 10.5. The normalized spacial score (nSPS) is 10.4. The van der Waals surface area contributed by atoms with Crippen LogP contribution in [0.4, 0.5) is 5.69 Å². The fraction of sp³-hybridized carbons (Fsp3) is 0.571. The van der Waals surface area contributed by atoms with Crippen molar-refractivity contribution >= 4 is 5.69 Å². The highest BCUT2D eigenvalue weighted by atomic mass is 16.6. The van der Waals surface area contributed by atoms with Crippen LogP contribution in [0.15, 0.2) is 24.3 Å². The first kappa shape index (κ1) is 13.7. The van der Waals surface area contributed by atoms with Gasteiger partial charge >= 0.3 is 0 Å². The van der Waals surface area contributed by atoms with E-state index >= 15 is 0 Å². The van der Waals surface area contributed by atoms with Crippen molar-refractivity contribution in [3.63, 3.8) is 0 Å². The van der Waals surface area contributed by atoms with Crippen molar-refractivity contribution < 1.29 is 4.92 Å². The summed E-state index contributed by atoms with van der Waals surface area (Å²) in [5.41, 5.74) is 1.13. The molecule has 94 valence electrons. The molecular weight excluding hydrogens is 214 g/mol. The van der Waals surface area contributed by atoms with Gasteiger partial charge in [-0.15, -0.1) is 0 Å². The number of nitro benzene ring substituents is 1. The van der Waals surface area contributed by atoms with Crippen LogP contribution in [0.25, 0.3) is 0 Å². The monoisotopic (exact) mass is 235 g/mol. The van der Waals surface area contributed by atoms with Gasteiger partial charge in [0.1, 0.15) is 0 Å². The first-order valence-electron chi connectivity index (χ1n) is 6.48. The summed E-state index contributed by atoms with van der Waals surface area (Å²) in [5.74, 6) is 0. The maximum Gasteiger partial charge on any atom is 0.272 e. The SMILES string of the molecule is CCCCCCCCc1ccccc1[N+](=O)[O-]. The highest BCUT2D eigenvalue weighted by Crippen LogP contribution is 2.20. The molecule has 3 nitrogen and oxygen atoms in total. The number of nitro groups is 1. The minimum absolute atomic E-state index is 0.265. The molecule has 0 radical (unpaired) electrons. The van der Waals surface area contributed by atoms with Crippen LogP contribution in [0.5, 0.6) is 0 Å². The topological polar surface area (TPSA) is 43.1 Å². The Bertz CT molecular complexity index is 350. The molecule has 0 saturated carbocycles. The van der Waals surface area contributed by atoms with Crippen LogP contribution < -0.4 is 0 Å². The third-order valence-corrected chi connectivity index (χ3v) is 2.99. The molecule has 0 atom stereocenters. The summed E-state index contributed by atoms with van der Waals surface area (Å²) >= 11 is 0. The van der Waals surface area contributed by atoms with Crippen molar-refractivity contribution in [2.75, 3.05) is 0 Å². The predicted molar refractivity (Wildman–Crippen MR) is 70.2 cm³/mol. The molecule has 3 heteroatoms. The van der Waals surface area contributed by atoms with Crippen molar-refractivity contribution in [2.24, 2.45) is 0 Å². The molecule has 0 spiro atoms. The number of unbranched alkanes of at least 4 members (excludes halogenated alkanes) is 5. The Morgan fingerprint density at radius 3 is 2.41 bits per heavy atom. The third-order valence-electron chi connectivity index (χ3n) is 2.99. The molecule has 0 amide bonds. The minimum Gasteiger partial charge on any atom is -0.258 e. The van der Waals surface area contributed by atoms with Gasteiger partial charge in [-0.05, 0) is 12.8 Å². The zero-order valence-corrected chi connectivity index (χ0v) is 10.5. The van der Waals surface area contributed by atoms with E-state index in [2.05, 4.69) is 6.92 Å². The summed E-state index contributed by atoms with van der Waals surface area (Å²) < 4.78 is 0. The summed E-state index contributed by atoms with van der Waals surface area (Å²) in [6, 6.07) is 7.05. The third kappa shape index (κ3) is 4.98. The molecule has 0 saturated heterocycles. The van der Waals surface area contributed by atoms with Gasteiger partial charge in [-0.25, -0.2) is 0 Å². The Kier molecular flexibility index (Phi) is 6.30. The number of aryl methyl sites for hydroxylation is 1. The summed E-state index contributed by atoms with van der Waals surface area (Å²) in [6.45, 7) is 2.20. The minimum atomic E-state index is -0.285. The van der Waals surface area contributed by atoms with E-state index in [9.17, 15) is 10.1 Å². The summed E-state index contributed by atoms with van der Waals surface area (Å²) in [5, 5.41) is 10.8. The van der Waals surface area contributed by atoms with Crippen LogP contribution in [-0.2, 0) is 6.42 Å². The predicted octanol–water partition coefficient (Wildman–Crippen LogP) is 4.50. The van der Waals surface area contributed by atoms with Gasteiger partial charge in [0, 0.05) is 11.6 Å². The Labute approximate surface area is 103 Å². The van der Waals surface area contributed by atoms with Crippen LogP contribution in [0.3, 0.4) is 0 Å². The van der Waals surface area contributed by atoms with Crippen LogP contribution in [0.2, 0.25) is 0 Å². The van der Waals surface area contributed by atoms with E-state index in [0.29, 0.717) is 0 Å². The van der Waals surface area contributed by atoms with E-state index in [1.54, 1.807) is 12.1 Å². The lowest BCUT2D eigenvalue weighted by molar-refractivity contribution is -0.385. The molecule has 0 bridgehead atoms. The van der Waals surface area contributed by atoms with Crippen molar-refractivity contribution in [3.05, 3.63) is 39.9 Å². The molecule has 0 unspecified atom stereocenters. The van der Waals surface area contributed by atoms with Crippen LogP contribution >= 0.6 is 0 Å². The maximum absolute atomic E-state index is 10.8. The van der Waals surface area contributed by atoms with Crippen molar-refractivity contribution in [2.45, 2.75) is 51.9 Å². The molecule has 1 rings (SSSR count). The van der Waals surface area contributed by atoms with Gasteiger partial charge in [-0.1, -0.05) is 57.2 Å². The van der Waals surface area contributed by atoms with Crippen LogP contribution in [0.1, 0.15) is 51.0 Å². The van der Waals surface area contributed by atoms with Crippen molar-refractivity contribution in [1.82, 2.24) is 0 Å². The number of rotatable bonds is 8. The van der Waals surface area contributed by atoms with E-state index in [1.807, 2.05) is 12.1 Å². The van der Waals surface area contributed by atoms with Gasteiger partial charge in [-0.3, -0.25) is 10.1 Å². The number of nitrogens with zero attached hydrogens (tertiary/aromatic N) is 1. The smallest absolute Gasteiger partial charge is 0.258 e. The molecular formula is C14H21NO2. The molecule has 0 aromatic heterocycles. The first-order chi connectivity index (χ1) is 8.25. The van der Waals surface area contributed by atoms with Gasteiger partial charge in [0.05, 0.1) is 4.92 Å².